The molecule has 110 valence electrons. The van der Waals surface area contributed by atoms with E-state index in [4.69, 9.17) is 10.9 Å². The van der Waals surface area contributed by atoms with Crippen molar-refractivity contribution in [1.82, 2.24) is 4.90 Å². The normalized spacial score (nSPS) is 20.1. The van der Waals surface area contributed by atoms with Gasteiger partial charge in [-0.3, -0.25) is 4.90 Å². The van der Waals surface area contributed by atoms with Gasteiger partial charge in [0.2, 0.25) is 0 Å². The number of benzene rings is 1. The van der Waals surface area contributed by atoms with Crippen LogP contribution in [0.15, 0.2) is 23.4 Å². The molecule has 0 radical (unpaired) electrons. The first kappa shape index (κ1) is 14.7. The lowest BCUT2D eigenvalue weighted by atomic mass is 9.93. The molecule has 1 aliphatic heterocycles. The number of hydrogen-bond donors (Lipinski definition) is 3. The molecule has 1 fully saturated rings. The lowest BCUT2D eigenvalue weighted by Crippen LogP contribution is -2.42. The fraction of sp³-hybridized carbons (Fsp3) is 0.500. The third-order valence-corrected chi connectivity index (χ3v) is 3.78. The molecule has 1 aliphatic rings. The van der Waals surface area contributed by atoms with Gasteiger partial charge >= 0.3 is 0 Å². The zero-order chi connectivity index (χ0) is 14.8. The Bertz CT molecular complexity index is 507. The molecule has 0 bridgehead atoms. The summed E-state index contributed by atoms with van der Waals surface area (Å²) in [6.07, 6.45) is 1.38. The van der Waals surface area contributed by atoms with Crippen LogP contribution in [0.1, 0.15) is 30.9 Å². The summed E-state index contributed by atoms with van der Waals surface area (Å²) < 4.78 is 14.0. The van der Waals surface area contributed by atoms with Crippen LogP contribution in [0, 0.1) is 5.82 Å². The van der Waals surface area contributed by atoms with E-state index in [0.29, 0.717) is 30.5 Å². The van der Waals surface area contributed by atoms with E-state index in [1.165, 1.54) is 6.07 Å². The smallest absolute Gasteiger partial charge is 0.170 e. The van der Waals surface area contributed by atoms with Crippen LogP contribution >= 0.6 is 0 Å². The summed E-state index contributed by atoms with van der Waals surface area (Å²) in [6, 6.07) is 4.55. The highest BCUT2D eigenvalue weighted by Crippen LogP contribution is 2.23. The number of nitrogens with zero attached hydrogens (tertiary/aromatic N) is 2. The molecule has 5 nitrogen and oxygen atoms in total. The van der Waals surface area contributed by atoms with Gasteiger partial charge in [0.05, 0.1) is 5.60 Å². The molecule has 0 unspecified atom stereocenters. The van der Waals surface area contributed by atoms with Crippen LogP contribution < -0.4 is 5.73 Å². The van der Waals surface area contributed by atoms with Crippen LogP contribution in [0.5, 0.6) is 0 Å². The Hall–Kier alpha value is -1.66. The van der Waals surface area contributed by atoms with Gasteiger partial charge < -0.3 is 16.0 Å². The number of likely N-dealkylation sites (tertiary alicyclic amines) is 1. The second-order valence-electron chi connectivity index (χ2n) is 5.56. The number of nitrogens with two attached hydrogens (primary N) is 1. The summed E-state index contributed by atoms with van der Waals surface area (Å²) in [7, 11) is 0. The second-order valence-corrected chi connectivity index (χ2v) is 5.56. The molecule has 0 saturated carbocycles. The van der Waals surface area contributed by atoms with Crippen LogP contribution in [0.4, 0.5) is 4.39 Å². The van der Waals surface area contributed by atoms with Gasteiger partial charge in [-0.25, -0.2) is 4.39 Å². The maximum atomic E-state index is 14.0. The molecule has 0 aliphatic carbocycles. The van der Waals surface area contributed by atoms with Gasteiger partial charge in [-0.15, -0.1) is 0 Å². The van der Waals surface area contributed by atoms with Crippen LogP contribution in [-0.4, -0.2) is 39.7 Å². The SMILES string of the molecule is CC1(O)CCN(Cc2ccc(/C(N)=N/O)cc2F)CC1. The lowest BCUT2D eigenvalue weighted by Gasteiger charge is -2.35. The van der Waals surface area contributed by atoms with Crippen molar-refractivity contribution >= 4 is 5.84 Å². The van der Waals surface area contributed by atoms with Gasteiger partial charge in [0, 0.05) is 30.8 Å². The van der Waals surface area contributed by atoms with Crippen LogP contribution in [-0.2, 0) is 6.54 Å². The van der Waals surface area contributed by atoms with Gasteiger partial charge in [-0.05, 0) is 25.8 Å². The fourth-order valence-electron chi connectivity index (χ4n) is 2.33. The molecule has 6 heteroatoms. The van der Waals surface area contributed by atoms with Gasteiger partial charge in [-0.2, -0.15) is 0 Å². The molecule has 1 heterocycles. The predicted octanol–water partition coefficient (Wildman–Crippen LogP) is 1.27. The second kappa shape index (κ2) is 5.76. The minimum absolute atomic E-state index is 0.107. The zero-order valence-corrected chi connectivity index (χ0v) is 11.5. The van der Waals surface area contributed by atoms with E-state index in [-0.39, 0.29) is 11.7 Å². The van der Waals surface area contributed by atoms with Crippen molar-refractivity contribution in [3.63, 3.8) is 0 Å². The minimum Gasteiger partial charge on any atom is -0.409 e. The molecular weight excluding hydrogens is 261 g/mol. The number of hydrogen-bond acceptors (Lipinski definition) is 4. The predicted molar refractivity (Wildman–Crippen MR) is 74.0 cm³/mol. The van der Waals surface area contributed by atoms with Crippen molar-refractivity contribution in [3.05, 3.63) is 35.1 Å². The Balaban J connectivity index is 2.04. The van der Waals surface area contributed by atoms with Gasteiger partial charge in [0.15, 0.2) is 5.84 Å². The fourth-order valence-corrected chi connectivity index (χ4v) is 2.33. The Kier molecular flexibility index (Phi) is 4.25. The van der Waals surface area contributed by atoms with Crippen molar-refractivity contribution in [2.75, 3.05) is 13.1 Å². The van der Waals surface area contributed by atoms with E-state index < -0.39 is 5.60 Å². The average Bonchev–Trinajstić information content (AvgIpc) is 2.42. The topological polar surface area (TPSA) is 82.1 Å². The number of amidine groups is 1. The van der Waals surface area contributed by atoms with E-state index in [0.717, 1.165) is 13.1 Å². The van der Waals surface area contributed by atoms with Gasteiger partial charge in [-0.1, -0.05) is 17.3 Å². The molecule has 0 atom stereocenters. The quantitative estimate of drug-likeness (QED) is 0.337. The maximum absolute atomic E-state index is 14.0. The van der Waals surface area contributed by atoms with E-state index in [2.05, 4.69) is 10.1 Å². The highest BCUT2D eigenvalue weighted by molar-refractivity contribution is 5.97. The van der Waals surface area contributed by atoms with Gasteiger partial charge in [0.1, 0.15) is 5.82 Å². The van der Waals surface area contributed by atoms with E-state index >= 15 is 0 Å². The third kappa shape index (κ3) is 3.46. The largest absolute Gasteiger partial charge is 0.409 e. The molecule has 0 aromatic heterocycles. The monoisotopic (exact) mass is 281 g/mol. The minimum atomic E-state index is -0.606. The van der Waals surface area contributed by atoms with Crippen LogP contribution in [0.3, 0.4) is 0 Å². The summed E-state index contributed by atoms with van der Waals surface area (Å²) in [6.45, 7) is 3.82. The highest BCUT2D eigenvalue weighted by atomic mass is 19.1. The van der Waals surface area contributed by atoms with E-state index in [1.54, 1.807) is 12.1 Å². The summed E-state index contributed by atoms with van der Waals surface area (Å²) in [5.74, 6) is -0.476. The lowest BCUT2D eigenvalue weighted by molar-refractivity contribution is -0.00749. The first-order chi connectivity index (χ1) is 9.41. The summed E-state index contributed by atoms with van der Waals surface area (Å²) in [4.78, 5) is 2.11. The molecule has 2 rings (SSSR count). The first-order valence-corrected chi connectivity index (χ1v) is 6.62. The van der Waals surface area contributed by atoms with E-state index in [9.17, 15) is 9.50 Å². The molecule has 4 N–H and O–H groups in total. The summed E-state index contributed by atoms with van der Waals surface area (Å²) in [5.41, 5.74) is 5.74. The standard InChI is InChI=1S/C14H20FN3O2/c1-14(19)4-6-18(7-5-14)9-11-3-2-10(8-12(11)15)13(16)17-20/h2-3,8,19-20H,4-7,9H2,1H3,(H2,16,17). The Morgan fingerprint density at radius 1 is 1.45 bits per heavy atom. The molecule has 1 aromatic carbocycles. The van der Waals surface area contributed by atoms with Crippen molar-refractivity contribution in [3.8, 4) is 0 Å². The molecule has 0 spiro atoms. The average molecular weight is 281 g/mol. The molecule has 1 aromatic rings. The number of oxime groups is 1. The number of piperidine rings is 1. The van der Waals surface area contributed by atoms with E-state index in [1.807, 2.05) is 6.92 Å². The van der Waals surface area contributed by atoms with Crippen molar-refractivity contribution in [2.24, 2.45) is 10.9 Å². The molecule has 0 amide bonds. The molecule has 20 heavy (non-hydrogen) atoms. The van der Waals surface area contributed by atoms with Crippen molar-refractivity contribution in [2.45, 2.75) is 31.9 Å². The number of halogens is 1. The summed E-state index contributed by atoms with van der Waals surface area (Å²) in [5, 5.41) is 21.3. The third-order valence-electron chi connectivity index (χ3n) is 3.78. The van der Waals surface area contributed by atoms with Crippen molar-refractivity contribution < 1.29 is 14.7 Å². The zero-order valence-electron chi connectivity index (χ0n) is 11.5. The number of rotatable bonds is 3. The van der Waals surface area contributed by atoms with Crippen molar-refractivity contribution in [1.29, 1.82) is 0 Å². The highest BCUT2D eigenvalue weighted by Gasteiger charge is 2.27. The Morgan fingerprint density at radius 3 is 2.65 bits per heavy atom. The number of aliphatic hydroxyl groups is 1. The van der Waals surface area contributed by atoms with Gasteiger partial charge in [0.25, 0.3) is 0 Å². The first-order valence-electron chi connectivity index (χ1n) is 6.62. The molecular formula is C14H20FN3O2. The Labute approximate surface area is 117 Å². The molecule has 1 saturated heterocycles. The van der Waals surface area contributed by atoms with Crippen LogP contribution in [0.25, 0.3) is 0 Å². The Morgan fingerprint density at radius 2 is 2.10 bits per heavy atom. The maximum Gasteiger partial charge on any atom is 0.170 e. The van der Waals surface area contributed by atoms with Crippen LogP contribution in [0.2, 0.25) is 0 Å². The summed E-state index contributed by atoms with van der Waals surface area (Å²) >= 11 is 0.